The molecule has 8 heteroatoms. The maximum atomic E-state index is 13.4. The van der Waals surface area contributed by atoms with Crippen LogP contribution in [-0.4, -0.2) is 18.4 Å². The van der Waals surface area contributed by atoms with E-state index < -0.39 is 11.7 Å². The van der Waals surface area contributed by atoms with E-state index in [1.807, 2.05) is 30.3 Å². The van der Waals surface area contributed by atoms with Crippen molar-refractivity contribution >= 4 is 50.7 Å². The molecule has 2 amide bonds. The standard InChI is InChI=1S/C28H21BrClFN2O3/c29-20-9-12-26(36-14-13-18-5-2-1-3-6-18)23(16-20)28(35)33-21-8-4-7-19(15-21)27(34)32-22-10-11-25(31)24(30)17-22/h1-12,15-17H,13-14H2,(H,32,34)(H,33,35). The lowest BCUT2D eigenvalue weighted by Gasteiger charge is -2.13. The molecule has 0 heterocycles. The molecule has 0 unspecified atom stereocenters. The van der Waals surface area contributed by atoms with Gasteiger partial charge < -0.3 is 15.4 Å². The molecule has 4 aromatic carbocycles. The van der Waals surface area contributed by atoms with Gasteiger partial charge in [0, 0.05) is 27.8 Å². The van der Waals surface area contributed by atoms with Crippen LogP contribution in [0.1, 0.15) is 26.3 Å². The van der Waals surface area contributed by atoms with Crippen molar-refractivity contribution in [2.24, 2.45) is 0 Å². The minimum atomic E-state index is -0.574. The van der Waals surface area contributed by atoms with Crippen LogP contribution < -0.4 is 15.4 Å². The minimum Gasteiger partial charge on any atom is -0.492 e. The number of rotatable bonds is 8. The Bertz CT molecular complexity index is 1400. The topological polar surface area (TPSA) is 67.4 Å². The molecule has 5 nitrogen and oxygen atoms in total. The molecule has 182 valence electrons. The Labute approximate surface area is 221 Å². The molecule has 4 aromatic rings. The Morgan fingerprint density at radius 3 is 2.36 bits per heavy atom. The van der Waals surface area contributed by atoms with Crippen LogP contribution in [0.3, 0.4) is 0 Å². The highest BCUT2D eigenvalue weighted by molar-refractivity contribution is 9.10. The average molecular weight is 568 g/mol. The molecule has 0 bridgehead atoms. The Balaban J connectivity index is 1.44. The average Bonchev–Trinajstić information content (AvgIpc) is 2.88. The van der Waals surface area contributed by atoms with E-state index in [4.69, 9.17) is 16.3 Å². The van der Waals surface area contributed by atoms with Gasteiger partial charge in [-0.2, -0.15) is 0 Å². The molecule has 0 saturated carbocycles. The number of nitrogens with one attached hydrogen (secondary N) is 2. The highest BCUT2D eigenvalue weighted by atomic mass is 79.9. The molecule has 0 aromatic heterocycles. The Morgan fingerprint density at radius 1 is 0.833 bits per heavy atom. The number of carbonyl (C=O) groups excluding carboxylic acids is 2. The summed E-state index contributed by atoms with van der Waals surface area (Å²) in [6.07, 6.45) is 0.703. The summed E-state index contributed by atoms with van der Waals surface area (Å²) >= 11 is 9.19. The van der Waals surface area contributed by atoms with Gasteiger partial charge in [0.1, 0.15) is 11.6 Å². The highest BCUT2D eigenvalue weighted by Gasteiger charge is 2.15. The summed E-state index contributed by atoms with van der Waals surface area (Å²) in [4.78, 5) is 25.8. The van der Waals surface area contributed by atoms with Crippen molar-refractivity contribution in [3.8, 4) is 5.75 Å². The molecular formula is C28H21BrClFN2O3. The largest absolute Gasteiger partial charge is 0.492 e. The SMILES string of the molecule is O=C(Nc1ccc(F)c(Cl)c1)c1cccc(NC(=O)c2cc(Br)ccc2OCCc2ccccc2)c1. The first-order valence-electron chi connectivity index (χ1n) is 11.0. The quantitative estimate of drug-likeness (QED) is 0.234. The van der Waals surface area contributed by atoms with Gasteiger partial charge >= 0.3 is 0 Å². The van der Waals surface area contributed by atoms with E-state index in [-0.39, 0.29) is 10.9 Å². The number of amides is 2. The van der Waals surface area contributed by atoms with E-state index in [2.05, 4.69) is 26.6 Å². The van der Waals surface area contributed by atoms with Gasteiger partial charge in [-0.25, -0.2) is 4.39 Å². The van der Waals surface area contributed by atoms with E-state index in [0.29, 0.717) is 41.3 Å². The summed E-state index contributed by atoms with van der Waals surface area (Å²) in [7, 11) is 0. The van der Waals surface area contributed by atoms with E-state index in [1.54, 1.807) is 42.5 Å². The predicted octanol–water partition coefficient (Wildman–Crippen LogP) is 7.37. The van der Waals surface area contributed by atoms with Gasteiger partial charge in [-0.15, -0.1) is 0 Å². The third-order valence-electron chi connectivity index (χ3n) is 5.24. The van der Waals surface area contributed by atoms with E-state index >= 15 is 0 Å². The number of benzene rings is 4. The first-order valence-corrected chi connectivity index (χ1v) is 12.2. The van der Waals surface area contributed by atoms with Gasteiger partial charge in [-0.1, -0.05) is 63.9 Å². The van der Waals surface area contributed by atoms with Crippen molar-refractivity contribution in [3.05, 3.63) is 123 Å². The van der Waals surface area contributed by atoms with Gasteiger partial charge in [0.2, 0.25) is 0 Å². The third kappa shape index (κ3) is 6.71. The van der Waals surface area contributed by atoms with Crippen molar-refractivity contribution in [3.63, 3.8) is 0 Å². The fourth-order valence-corrected chi connectivity index (χ4v) is 3.98. The fourth-order valence-electron chi connectivity index (χ4n) is 3.44. The third-order valence-corrected chi connectivity index (χ3v) is 6.02. The normalized spacial score (nSPS) is 10.5. The summed E-state index contributed by atoms with van der Waals surface area (Å²) in [6.45, 7) is 0.412. The maximum Gasteiger partial charge on any atom is 0.259 e. The molecule has 0 aliphatic carbocycles. The fraction of sp³-hybridized carbons (Fsp3) is 0.0714. The summed E-state index contributed by atoms with van der Waals surface area (Å²) < 4.78 is 20.0. The minimum absolute atomic E-state index is 0.0929. The first-order chi connectivity index (χ1) is 17.4. The van der Waals surface area contributed by atoms with Crippen LogP contribution in [0.15, 0.2) is 95.5 Å². The lowest BCUT2D eigenvalue weighted by molar-refractivity contribution is 0.101. The number of hydrogen-bond donors (Lipinski definition) is 2. The summed E-state index contributed by atoms with van der Waals surface area (Å²) in [5.74, 6) is -0.931. The number of anilines is 2. The second kappa shape index (κ2) is 11.8. The zero-order chi connectivity index (χ0) is 25.5. The molecular weight excluding hydrogens is 547 g/mol. The smallest absolute Gasteiger partial charge is 0.259 e. The number of hydrogen-bond acceptors (Lipinski definition) is 3. The zero-order valence-electron chi connectivity index (χ0n) is 18.9. The lowest BCUT2D eigenvalue weighted by Crippen LogP contribution is -2.16. The van der Waals surface area contributed by atoms with Crippen molar-refractivity contribution in [2.45, 2.75) is 6.42 Å². The highest BCUT2D eigenvalue weighted by Crippen LogP contribution is 2.25. The van der Waals surface area contributed by atoms with Crippen molar-refractivity contribution in [2.75, 3.05) is 17.2 Å². The van der Waals surface area contributed by atoms with Crippen LogP contribution in [0, 0.1) is 5.82 Å². The molecule has 0 aliphatic heterocycles. The summed E-state index contributed by atoms with van der Waals surface area (Å²) in [6, 6.07) is 25.6. The molecule has 0 fully saturated rings. The molecule has 0 saturated heterocycles. The summed E-state index contributed by atoms with van der Waals surface area (Å²) in [5, 5.41) is 5.39. The second-order valence-electron chi connectivity index (χ2n) is 7.84. The van der Waals surface area contributed by atoms with Crippen LogP contribution in [0.5, 0.6) is 5.75 Å². The van der Waals surface area contributed by atoms with Crippen LogP contribution >= 0.6 is 27.5 Å². The first kappa shape index (κ1) is 25.4. The van der Waals surface area contributed by atoms with E-state index in [1.165, 1.54) is 18.2 Å². The number of halogens is 3. The molecule has 0 radical (unpaired) electrons. The van der Waals surface area contributed by atoms with E-state index in [0.717, 1.165) is 10.0 Å². The summed E-state index contributed by atoms with van der Waals surface area (Å²) in [5.41, 5.74) is 2.58. The second-order valence-corrected chi connectivity index (χ2v) is 9.17. The maximum absolute atomic E-state index is 13.4. The van der Waals surface area contributed by atoms with Crippen molar-refractivity contribution in [1.29, 1.82) is 0 Å². The zero-order valence-corrected chi connectivity index (χ0v) is 21.3. The van der Waals surface area contributed by atoms with Crippen LogP contribution in [-0.2, 0) is 6.42 Å². The van der Waals surface area contributed by atoms with E-state index in [9.17, 15) is 14.0 Å². The van der Waals surface area contributed by atoms with Gasteiger partial charge in [-0.3, -0.25) is 9.59 Å². The van der Waals surface area contributed by atoms with Crippen molar-refractivity contribution in [1.82, 2.24) is 0 Å². The molecule has 0 atom stereocenters. The Hall–Kier alpha value is -3.68. The number of carbonyl (C=O) groups is 2. The van der Waals surface area contributed by atoms with Gasteiger partial charge in [0.25, 0.3) is 11.8 Å². The van der Waals surface area contributed by atoms with Gasteiger partial charge in [0.05, 0.1) is 17.2 Å². The van der Waals surface area contributed by atoms with Gasteiger partial charge in [-0.05, 0) is 60.2 Å². The van der Waals surface area contributed by atoms with Crippen LogP contribution in [0.2, 0.25) is 5.02 Å². The molecule has 2 N–H and O–H groups in total. The van der Waals surface area contributed by atoms with Gasteiger partial charge in [0.15, 0.2) is 0 Å². The Morgan fingerprint density at radius 2 is 1.58 bits per heavy atom. The molecule has 4 rings (SSSR count). The lowest BCUT2D eigenvalue weighted by atomic mass is 10.1. The monoisotopic (exact) mass is 566 g/mol. The molecule has 0 spiro atoms. The molecule has 36 heavy (non-hydrogen) atoms. The Kier molecular flexibility index (Phi) is 8.36. The van der Waals surface area contributed by atoms with Crippen molar-refractivity contribution < 1.29 is 18.7 Å². The van der Waals surface area contributed by atoms with Crippen LogP contribution in [0.4, 0.5) is 15.8 Å². The molecule has 0 aliphatic rings. The predicted molar refractivity (Wildman–Crippen MR) is 144 cm³/mol. The number of ether oxygens (including phenoxy) is 1. The van der Waals surface area contributed by atoms with Crippen LogP contribution in [0.25, 0.3) is 0 Å².